The molecule has 1 aliphatic heterocycles. The Morgan fingerprint density at radius 2 is 2.18 bits per heavy atom. The van der Waals surface area contributed by atoms with Crippen molar-refractivity contribution in [1.82, 2.24) is 9.62 Å². The first-order chi connectivity index (χ1) is 10.0. The lowest BCUT2D eigenvalue weighted by atomic mass is 10.2. The third-order valence-corrected chi connectivity index (χ3v) is 6.04. The molecule has 2 rings (SSSR count). The second-order valence-corrected chi connectivity index (χ2v) is 7.32. The molecule has 0 spiro atoms. The third-order valence-electron chi connectivity index (χ3n) is 3.61. The number of benzene rings is 1. The highest BCUT2D eigenvalue weighted by Gasteiger charge is 2.34. The summed E-state index contributed by atoms with van der Waals surface area (Å²) in [5, 5.41) is 3.43. The van der Waals surface area contributed by atoms with Crippen LogP contribution in [0.25, 0.3) is 0 Å². The van der Waals surface area contributed by atoms with Gasteiger partial charge in [-0.3, -0.25) is 0 Å². The van der Waals surface area contributed by atoms with Gasteiger partial charge in [-0.05, 0) is 31.5 Å². The lowest BCUT2D eigenvalue weighted by Crippen LogP contribution is -2.42. The van der Waals surface area contributed by atoms with E-state index >= 15 is 0 Å². The van der Waals surface area contributed by atoms with E-state index < -0.39 is 10.0 Å². The summed E-state index contributed by atoms with van der Waals surface area (Å²) in [6.45, 7) is 3.98. The Morgan fingerprint density at radius 3 is 2.73 bits per heavy atom. The van der Waals surface area contributed by atoms with Crippen molar-refractivity contribution in [1.29, 1.82) is 0 Å². The molecular formula is C14H22Cl2N2O3S. The van der Waals surface area contributed by atoms with Gasteiger partial charge in [0.05, 0.1) is 12.1 Å². The molecule has 0 saturated carbocycles. The molecule has 8 heteroatoms. The van der Waals surface area contributed by atoms with Crippen LogP contribution in [0, 0.1) is 0 Å². The molecular weight excluding hydrogens is 347 g/mol. The second-order valence-electron chi connectivity index (χ2n) is 5.06. The Hall–Kier alpha value is -0.530. The fraction of sp³-hybridized carbons (Fsp3) is 0.571. The SMILES string of the molecule is CCCN(C1CCNC1)S(=O)(=O)c1cc(OC)ccc1Cl.Cl. The molecule has 1 saturated heterocycles. The van der Waals surface area contributed by atoms with Crippen molar-refractivity contribution in [2.75, 3.05) is 26.7 Å². The fourth-order valence-electron chi connectivity index (χ4n) is 2.54. The minimum Gasteiger partial charge on any atom is -0.497 e. The van der Waals surface area contributed by atoms with Crippen molar-refractivity contribution in [3.63, 3.8) is 0 Å². The summed E-state index contributed by atoms with van der Waals surface area (Å²) in [4.78, 5) is 0.115. The van der Waals surface area contributed by atoms with Crippen LogP contribution in [0.3, 0.4) is 0 Å². The lowest BCUT2D eigenvalue weighted by Gasteiger charge is -2.27. The highest BCUT2D eigenvalue weighted by molar-refractivity contribution is 7.89. The minimum absolute atomic E-state index is 0. The zero-order chi connectivity index (χ0) is 15.5. The number of methoxy groups -OCH3 is 1. The highest BCUT2D eigenvalue weighted by Crippen LogP contribution is 2.30. The van der Waals surface area contributed by atoms with Gasteiger partial charge < -0.3 is 10.1 Å². The maximum absolute atomic E-state index is 13.0. The highest BCUT2D eigenvalue weighted by atomic mass is 35.5. The van der Waals surface area contributed by atoms with Crippen LogP contribution < -0.4 is 10.1 Å². The van der Waals surface area contributed by atoms with Gasteiger partial charge in [0.1, 0.15) is 10.6 Å². The lowest BCUT2D eigenvalue weighted by molar-refractivity contribution is 0.334. The molecule has 1 unspecified atom stereocenters. The van der Waals surface area contributed by atoms with Crippen molar-refractivity contribution in [3.05, 3.63) is 23.2 Å². The molecule has 0 radical (unpaired) electrons. The number of hydrogen-bond acceptors (Lipinski definition) is 4. The maximum Gasteiger partial charge on any atom is 0.244 e. The molecule has 1 aromatic carbocycles. The molecule has 0 amide bonds. The standard InChI is InChI=1S/C14H21ClN2O3S.ClH/c1-3-8-17(11-6-7-16-10-11)21(18,19)14-9-12(20-2)4-5-13(14)15;/h4-5,9,11,16H,3,6-8,10H2,1-2H3;1H. The molecule has 1 atom stereocenters. The monoisotopic (exact) mass is 368 g/mol. The summed E-state index contributed by atoms with van der Waals surface area (Å²) in [6, 6.07) is 4.69. The topological polar surface area (TPSA) is 58.6 Å². The van der Waals surface area contributed by atoms with Crippen molar-refractivity contribution < 1.29 is 13.2 Å². The zero-order valence-corrected chi connectivity index (χ0v) is 15.1. The van der Waals surface area contributed by atoms with Crippen LogP contribution in [0.15, 0.2) is 23.1 Å². The predicted octanol–water partition coefficient (Wildman–Crippen LogP) is 2.53. The van der Waals surface area contributed by atoms with E-state index in [1.807, 2.05) is 6.92 Å². The van der Waals surface area contributed by atoms with Crippen molar-refractivity contribution in [3.8, 4) is 5.75 Å². The summed E-state index contributed by atoms with van der Waals surface area (Å²) in [7, 11) is -2.12. The Labute approximate surface area is 143 Å². The molecule has 1 aliphatic rings. The average Bonchev–Trinajstić information content (AvgIpc) is 2.98. The molecule has 1 heterocycles. The largest absolute Gasteiger partial charge is 0.497 e. The van der Waals surface area contributed by atoms with Gasteiger partial charge in [-0.25, -0.2) is 8.42 Å². The Bertz CT molecular complexity index is 590. The third kappa shape index (κ3) is 4.06. The summed E-state index contributed by atoms with van der Waals surface area (Å²) < 4.78 is 32.6. The molecule has 126 valence electrons. The number of sulfonamides is 1. The molecule has 0 aromatic heterocycles. The number of nitrogens with one attached hydrogen (secondary N) is 1. The normalized spacial score (nSPS) is 18.3. The van der Waals surface area contributed by atoms with Gasteiger partial charge in [0.2, 0.25) is 10.0 Å². The first-order valence-corrected chi connectivity index (χ1v) is 8.88. The summed E-state index contributed by atoms with van der Waals surface area (Å²) in [5.74, 6) is 0.485. The average molecular weight is 369 g/mol. The Kier molecular flexibility index (Phi) is 7.41. The van der Waals surface area contributed by atoms with E-state index in [0.29, 0.717) is 18.8 Å². The van der Waals surface area contributed by atoms with Gasteiger partial charge in [-0.1, -0.05) is 18.5 Å². The summed E-state index contributed by atoms with van der Waals surface area (Å²) in [5.41, 5.74) is 0. The van der Waals surface area contributed by atoms with Crippen molar-refractivity contribution >= 4 is 34.0 Å². The Balaban J connectivity index is 0.00000242. The fourth-order valence-corrected chi connectivity index (χ4v) is 4.78. The number of ether oxygens (including phenoxy) is 1. The van der Waals surface area contributed by atoms with E-state index in [1.54, 1.807) is 16.4 Å². The number of halogens is 2. The molecule has 1 N–H and O–H groups in total. The van der Waals surface area contributed by atoms with Crippen LogP contribution in [0.2, 0.25) is 5.02 Å². The van der Waals surface area contributed by atoms with Gasteiger partial charge in [-0.15, -0.1) is 12.4 Å². The minimum atomic E-state index is -3.63. The predicted molar refractivity (Wildman–Crippen MR) is 90.7 cm³/mol. The van der Waals surface area contributed by atoms with Crippen molar-refractivity contribution in [2.24, 2.45) is 0 Å². The second kappa shape index (κ2) is 8.36. The summed E-state index contributed by atoms with van der Waals surface area (Å²) in [6.07, 6.45) is 1.58. The van der Waals surface area contributed by atoms with E-state index in [-0.39, 0.29) is 28.4 Å². The number of rotatable bonds is 6. The zero-order valence-electron chi connectivity index (χ0n) is 12.7. The molecule has 1 fully saturated rings. The maximum atomic E-state index is 13.0. The molecule has 1 aromatic rings. The van der Waals surface area contributed by atoms with E-state index in [2.05, 4.69) is 5.32 Å². The number of nitrogens with zero attached hydrogens (tertiary/aromatic N) is 1. The Morgan fingerprint density at radius 1 is 1.45 bits per heavy atom. The van der Waals surface area contributed by atoms with Crippen LogP contribution in [0.5, 0.6) is 5.75 Å². The molecule has 0 bridgehead atoms. The van der Waals surface area contributed by atoms with E-state index in [9.17, 15) is 8.42 Å². The van der Waals surface area contributed by atoms with Crippen LogP contribution in [0.1, 0.15) is 19.8 Å². The first kappa shape index (κ1) is 19.5. The van der Waals surface area contributed by atoms with Crippen LogP contribution in [-0.4, -0.2) is 45.5 Å². The smallest absolute Gasteiger partial charge is 0.244 e. The van der Waals surface area contributed by atoms with Gasteiger partial charge in [0.15, 0.2) is 0 Å². The molecule has 5 nitrogen and oxygen atoms in total. The summed E-state index contributed by atoms with van der Waals surface area (Å²) >= 11 is 6.11. The first-order valence-electron chi connectivity index (χ1n) is 7.06. The van der Waals surface area contributed by atoms with E-state index in [0.717, 1.165) is 19.4 Å². The number of hydrogen-bond donors (Lipinski definition) is 1. The van der Waals surface area contributed by atoms with Crippen LogP contribution >= 0.6 is 24.0 Å². The van der Waals surface area contributed by atoms with Gasteiger partial charge in [-0.2, -0.15) is 4.31 Å². The molecule has 0 aliphatic carbocycles. The van der Waals surface area contributed by atoms with E-state index in [1.165, 1.54) is 13.2 Å². The van der Waals surface area contributed by atoms with Gasteiger partial charge in [0, 0.05) is 25.2 Å². The van der Waals surface area contributed by atoms with Crippen LogP contribution in [0.4, 0.5) is 0 Å². The van der Waals surface area contributed by atoms with Gasteiger partial charge in [0.25, 0.3) is 0 Å². The quantitative estimate of drug-likeness (QED) is 0.837. The van der Waals surface area contributed by atoms with Crippen LogP contribution in [-0.2, 0) is 10.0 Å². The molecule has 22 heavy (non-hydrogen) atoms. The van der Waals surface area contributed by atoms with Crippen molar-refractivity contribution in [2.45, 2.75) is 30.7 Å². The van der Waals surface area contributed by atoms with Gasteiger partial charge >= 0.3 is 0 Å². The van der Waals surface area contributed by atoms with E-state index in [4.69, 9.17) is 16.3 Å².